The number of nitrogens with one attached hydrogen (secondary N) is 1. The van der Waals surface area contributed by atoms with Gasteiger partial charge in [-0.25, -0.2) is 8.78 Å². The Kier molecular flexibility index (Phi) is 4.48. The van der Waals surface area contributed by atoms with Crippen LogP contribution >= 0.6 is 27.3 Å². The maximum atomic E-state index is 13.3. The highest BCUT2D eigenvalue weighted by Gasteiger charge is 2.18. The minimum atomic E-state index is -0.821. The van der Waals surface area contributed by atoms with Gasteiger partial charge in [0.2, 0.25) is 0 Å². The van der Waals surface area contributed by atoms with Gasteiger partial charge < -0.3 is 5.32 Å². The molecule has 0 saturated carbocycles. The number of hydrogen-bond acceptors (Lipinski definition) is 2. The van der Waals surface area contributed by atoms with E-state index in [1.165, 1.54) is 6.07 Å². The molecule has 1 N–H and O–H groups in total. The maximum absolute atomic E-state index is 13.3. The van der Waals surface area contributed by atoms with Crippen molar-refractivity contribution in [3.63, 3.8) is 0 Å². The van der Waals surface area contributed by atoms with E-state index in [9.17, 15) is 8.78 Å². The van der Waals surface area contributed by atoms with Gasteiger partial charge in [0.25, 0.3) is 0 Å². The van der Waals surface area contributed by atoms with E-state index in [4.69, 9.17) is 0 Å². The van der Waals surface area contributed by atoms with E-state index in [0.717, 1.165) is 28.2 Å². The Morgan fingerprint density at radius 1 is 1.28 bits per heavy atom. The smallest absolute Gasteiger partial charge is 0.159 e. The highest BCUT2D eigenvalue weighted by molar-refractivity contribution is 9.10. The molecule has 0 fully saturated rings. The first-order chi connectivity index (χ1) is 8.63. The van der Waals surface area contributed by atoms with Crippen LogP contribution < -0.4 is 5.32 Å². The fraction of sp³-hybridized carbons (Fsp3) is 0.231. The Morgan fingerprint density at radius 3 is 2.61 bits per heavy atom. The number of benzene rings is 1. The number of halogens is 3. The van der Waals surface area contributed by atoms with E-state index in [1.807, 2.05) is 17.7 Å². The monoisotopic (exact) mass is 331 g/mol. The van der Waals surface area contributed by atoms with Crippen molar-refractivity contribution in [2.45, 2.75) is 13.0 Å². The molecule has 0 bridgehead atoms. The van der Waals surface area contributed by atoms with Crippen LogP contribution in [0, 0.1) is 11.6 Å². The number of thiophene rings is 1. The van der Waals surface area contributed by atoms with Crippen molar-refractivity contribution in [1.82, 2.24) is 5.32 Å². The third-order valence-corrected chi connectivity index (χ3v) is 4.39. The molecule has 0 spiro atoms. The van der Waals surface area contributed by atoms with Gasteiger partial charge in [-0.3, -0.25) is 0 Å². The summed E-state index contributed by atoms with van der Waals surface area (Å²) in [6, 6.07) is 3.88. The minimum absolute atomic E-state index is 0.134. The van der Waals surface area contributed by atoms with Crippen LogP contribution in [-0.2, 0) is 0 Å². The average Bonchev–Trinajstić information content (AvgIpc) is 2.76. The van der Waals surface area contributed by atoms with Crippen molar-refractivity contribution in [3.05, 3.63) is 56.2 Å². The topological polar surface area (TPSA) is 12.0 Å². The lowest BCUT2D eigenvalue weighted by Gasteiger charge is -2.18. The van der Waals surface area contributed by atoms with Gasteiger partial charge in [0.05, 0.1) is 6.04 Å². The standard InChI is InChI=1S/C13H12BrF2NS/c1-2-17-13(9-6-18-7-10(9)14)8-3-4-11(15)12(16)5-8/h3-7,13,17H,2H2,1H3. The van der Waals surface area contributed by atoms with E-state index < -0.39 is 11.6 Å². The number of hydrogen-bond donors (Lipinski definition) is 1. The summed E-state index contributed by atoms with van der Waals surface area (Å²) >= 11 is 5.04. The molecule has 1 atom stereocenters. The summed E-state index contributed by atoms with van der Waals surface area (Å²) in [5.41, 5.74) is 1.75. The van der Waals surface area contributed by atoms with Gasteiger partial charge in [0.15, 0.2) is 11.6 Å². The van der Waals surface area contributed by atoms with Crippen LogP contribution in [0.5, 0.6) is 0 Å². The summed E-state index contributed by atoms with van der Waals surface area (Å²) in [7, 11) is 0. The van der Waals surface area contributed by atoms with Gasteiger partial charge in [-0.15, -0.1) is 0 Å². The van der Waals surface area contributed by atoms with E-state index in [-0.39, 0.29) is 6.04 Å². The SMILES string of the molecule is CCNC(c1ccc(F)c(F)c1)c1cscc1Br. The molecule has 0 radical (unpaired) electrons. The average molecular weight is 332 g/mol. The van der Waals surface area contributed by atoms with Crippen LogP contribution in [0.3, 0.4) is 0 Å². The van der Waals surface area contributed by atoms with Gasteiger partial charge in [-0.2, -0.15) is 11.3 Å². The van der Waals surface area contributed by atoms with Crippen LogP contribution in [0.25, 0.3) is 0 Å². The van der Waals surface area contributed by atoms with Crippen LogP contribution in [0.4, 0.5) is 8.78 Å². The highest BCUT2D eigenvalue weighted by Crippen LogP contribution is 2.32. The van der Waals surface area contributed by atoms with Crippen molar-refractivity contribution in [2.75, 3.05) is 6.54 Å². The molecule has 5 heteroatoms. The summed E-state index contributed by atoms with van der Waals surface area (Å²) in [5, 5.41) is 7.25. The van der Waals surface area contributed by atoms with E-state index >= 15 is 0 Å². The molecule has 0 aliphatic rings. The first kappa shape index (κ1) is 13.6. The van der Waals surface area contributed by atoms with Crippen molar-refractivity contribution >= 4 is 27.3 Å². The van der Waals surface area contributed by atoms with Crippen LogP contribution in [-0.4, -0.2) is 6.54 Å². The third kappa shape index (κ3) is 2.79. The molecule has 0 saturated heterocycles. The fourth-order valence-electron chi connectivity index (χ4n) is 1.80. The summed E-state index contributed by atoms with van der Waals surface area (Å²) in [4.78, 5) is 0. The zero-order valence-corrected chi connectivity index (χ0v) is 12.1. The molecule has 1 unspecified atom stereocenters. The summed E-state index contributed by atoms with van der Waals surface area (Å²) < 4.78 is 27.3. The van der Waals surface area contributed by atoms with Gasteiger partial charge in [-0.1, -0.05) is 13.0 Å². The zero-order chi connectivity index (χ0) is 13.1. The molecular weight excluding hydrogens is 320 g/mol. The van der Waals surface area contributed by atoms with Crippen molar-refractivity contribution in [2.24, 2.45) is 0 Å². The third-order valence-electron chi connectivity index (χ3n) is 2.64. The normalized spacial score (nSPS) is 12.7. The second-order valence-electron chi connectivity index (χ2n) is 3.84. The van der Waals surface area contributed by atoms with Crippen LogP contribution in [0.2, 0.25) is 0 Å². The Hall–Kier alpha value is -0.780. The molecule has 0 aliphatic carbocycles. The lowest BCUT2D eigenvalue weighted by molar-refractivity contribution is 0.504. The van der Waals surface area contributed by atoms with E-state index in [0.29, 0.717) is 0 Å². The molecule has 96 valence electrons. The van der Waals surface area contributed by atoms with Crippen molar-refractivity contribution < 1.29 is 8.78 Å². The zero-order valence-electron chi connectivity index (χ0n) is 9.71. The van der Waals surface area contributed by atoms with Crippen LogP contribution in [0.1, 0.15) is 24.1 Å². The highest BCUT2D eigenvalue weighted by atomic mass is 79.9. The molecule has 18 heavy (non-hydrogen) atoms. The quantitative estimate of drug-likeness (QED) is 0.870. The summed E-state index contributed by atoms with van der Waals surface area (Å²) in [5.74, 6) is -1.64. The Morgan fingerprint density at radius 2 is 2.06 bits per heavy atom. The Balaban J connectivity index is 2.41. The summed E-state index contributed by atoms with van der Waals surface area (Å²) in [6.45, 7) is 2.72. The first-order valence-electron chi connectivity index (χ1n) is 5.53. The first-order valence-corrected chi connectivity index (χ1v) is 7.27. The minimum Gasteiger partial charge on any atom is -0.306 e. The van der Waals surface area contributed by atoms with E-state index in [1.54, 1.807) is 17.4 Å². The van der Waals surface area contributed by atoms with Crippen molar-refractivity contribution in [1.29, 1.82) is 0 Å². The number of rotatable bonds is 4. The fourth-order valence-corrected chi connectivity index (χ4v) is 3.35. The van der Waals surface area contributed by atoms with E-state index in [2.05, 4.69) is 21.2 Å². The lowest BCUT2D eigenvalue weighted by Crippen LogP contribution is -2.22. The van der Waals surface area contributed by atoms with Gasteiger partial charge in [0, 0.05) is 9.85 Å². The largest absolute Gasteiger partial charge is 0.306 e. The molecule has 1 heterocycles. The molecule has 0 amide bonds. The Bertz CT molecular complexity index is 542. The van der Waals surface area contributed by atoms with Gasteiger partial charge >= 0.3 is 0 Å². The molecule has 2 aromatic rings. The molecular formula is C13H12BrF2NS. The predicted molar refractivity (Wildman–Crippen MR) is 73.9 cm³/mol. The second-order valence-corrected chi connectivity index (χ2v) is 5.44. The van der Waals surface area contributed by atoms with Crippen molar-refractivity contribution in [3.8, 4) is 0 Å². The molecule has 2 rings (SSSR count). The lowest BCUT2D eigenvalue weighted by atomic mass is 10.0. The molecule has 1 aromatic carbocycles. The molecule has 1 nitrogen and oxygen atoms in total. The predicted octanol–water partition coefficient (Wildman–Crippen LogP) is 4.49. The van der Waals surface area contributed by atoms with Gasteiger partial charge in [-0.05, 0) is 51.1 Å². The molecule has 0 aliphatic heterocycles. The summed E-state index contributed by atoms with van der Waals surface area (Å²) in [6.07, 6.45) is 0. The van der Waals surface area contributed by atoms with Gasteiger partial charge in [0.1, 0.15) is 0 Å². The molecule has 1 aromatic heterocycles. The second kappa shape index (κ2) is 5.91. The van der Waals surface area contributed by atoms with Crippen LogP contribution in [0.15, 0.2) is 33.4 Å². The maximum Gasteiger partial charge on any atom is 0.159 e. The Labute approximate surface area is 117 Å².